The van der Waals surface area contributed by atoms with Gasteiger partial charge >= 0.3 is 6.36 Å². The molecule has 0 saturated heterocycles. The minimum atomic E-state index is -4.74. The summed E-state index contributed by atoms with van der Waals surface area (Å²) in [6.07, 6.45) is -3.07. The standard InChI is InChI=1S/C14H17F3O2/c1-8(2)9-6-10(13(3)4-5-13)12(7-11(9)18)19-14(15,16)17/h6-8,18H,4-5H2,1-3H3. The van der Waals surface area contributed by atoms with Crippen molar-refractivity contribution in [1.29, 1.82) is 0 Å². The number of rotatable bonds is 3. The Morgan fingerprint density at radius 1 is 1.26 bits per heavy atom. The average molecular weight is 274 g/mol. The highest BCUT2D eigenvalue weighted by molar-refractivity contribution is 5.51. The number of halogens is 3. The van der Waals surface area contributed by atoms with E-state index in [4.69, 9.17) is 0 Å². The zero-order valence-electron chi connectivity index (χ0n) is 11.1. The van der Waals surface area contributed by atoms with Gasteiger partial charge in [0, 0.05) is 11.6 Å². The van der Waals surface area contributed by atoms with Gasteiger partial charge in [-0.1, -0.05) is 20.8 Å². The summed E-state index contributed by atoms with van der Waals surface area (Å²) in [6, 6.07) is 2.73. The van der Waals surface area contributed by atoms with Crippen LogP contribution in [0.1, 0.15) is 50.7 Å². The molecule has 0 spiro atoms. The van der Waals surface area contributed by atoms with Gasteiger partial charge in [0.25, 0.3) is 0 Å². The lowest BCUT2D eigenvalue weighted by atomic mass is 9.91. The Morgan fingerprint density at radius 2 is 1.84 bits per heavy atom. The summed E-state index contributed by atoms with van der Waals surface area (Å²) >= 11 is 0. The second-order valence-corrected chi connectivity index (χ2v) is 5.67. The molecule has 0 heterocycles. The van der Waals surface area contributed by atoms with Crippen LogP contribution in [0.5, 0.6) is 11.5 Å². The zero-order valence-corrected chi connectivity index (χ0v) is 11.1. The third kappa shape index (κ3) is 2.96. The minimum absolute atomic E-state index is 0.0426. The quantitative estimate of drug-likeness (QED) is 0.881. The number of hydrogen-bond acceptors (Lipinski definition) is 2. The molecule has 1 saturated carbocycles. The first kappa shape index (κ1) is 14.0. The van der Waals surface area contributed by atoms with E-state index >= 15 is 0 Å². The Hall–Kier alpha value is -1.39. The normalized spacial score (nSPS) is 17.6. The number of alkyl halides is 3. The Bertz CT molecular complexity index is 488. The van der Waals surface area contributed by atoms with E-state index in [1.165, 1.54) is 0 Å². The van der Waals surface area contributed by atoms with Gasteiger partial charge in [-0.2, -0.15) is 0 Å². The summed E-state index contributed by atoms with van der Waals surface area (Å²) in [4.78, 5) is 0. The van der Waals surface area contributed by atoms with Gasteiger partial charge in [0.2, 0.25) is 0 Å². The molecular weight excluding hydrogens is 257 g/mol. The van der Waals surface area contributed by atoms with Crippen LogP contribution in [0.4, 0.5) is 13.2 Å². The number of phenols is 1. The third-order valence-corrected chi connectivity index (χ3v) is 3.63. The maximum atomic E-state index is 12.4. The Kier molecular flexibility index (Phi) is 3.19. The summed E-state index contributed by atoms with van der Waals surface area (Å²) in [5, 5.41) is 9.82. The van der Waals surface area contributed by atoms with Crippen molar-refractivity contribution in [2.75, 3.05) is 0 Å². The third-order valence-electron chi connectivity index (χ3n) is 3.63. The Balaban J connectivity index is 2.50. The second-order valence-electron chi connectivity index (χ2n) is 5.67. The maximum Gasteiger partial charge on any atom is 0.573 e. The summed E-state index contributed by atoms with van der Waals surface area (Å²) in [6.45, 7) is 5.68. The molecule has 19 heavy (non-hydrogen) atoms. The van der Waals surface area contributed by atoms with Gasteiger partial charge in [-0.05, 0) is 35.8 Å². The summed E-state index contributed by atoms with van der Waals surface area (Å²) in [5.74, 6) is -0.391. The molecule has 0 unspecified atom stereocenters. The molecule has 0 aromatic heterocycles. The summed E-state index contributed by atoms with van der Waals surface area (Å²) in [5.41, 5.74) is 0.918. The highest BCUT2D eigenvalue weighted by atomic mass is 19.4. The number of phenolic OH excluding ortho intramolecular Hbond substituents is 1. The molecule has 1 aliphatic carbocycles. The fraction of sp³-hybridized carbons (Fsp3) is 0.571. The molecule has 2 rings (SSSR count). The lowest BCUT2D eigenvalue weighted by molar-refractivity contribution is -0.275. The first-order valence-electron chi connectivity index (χ1n) is 6.25. The molecule has 0 bridgehead atoms. The molecule has 0 amide bonds. The number of aromatic hydroxyl groups is 1. The predicted molar refractivity (Wildman–Crippen MR) is 65.5 cm³/mol. The van der Waals surface area contributed by atoms with Crippen LogP contribution in [-0.2, 0) is 5.41 Å². The lowest BCUT2D eigenvalue weighted by Crippen LogP contribution is -2.19. The number of benzene rings is 1. The molecule has 0 atom stereocenters. The van der Waals surface area contributed by atoms with E-state index in [0.717, 1.165) is 18.9 Å². The second kappa shape index (κ2) is 4.32. The summed E-state index contributed by atoms with van der Waals surface area (Å²) < 4.78 is 41.3. The van der Waals surface area contributed by atoms with Crippen molar-refractivity contribution >= 4 is 0 Å². The molecule has 1 aromatic carbocycles. The molecular formula is C14H17F3O2. The zero-order chi connectivity index (χ0) is 14.4. The SMILES string of the molecule is CC(C)c1cc(C2(C)CC2)c(OC(F)(F)F)cc1O. The van der Waals surface area contributed by atoms with Gasteiger partial charge in [-0.15, -0.1) is 13.2 Å². The fourth-order valence-corrected chi connectivity index (χ4v) is 2.19. The van der Waals surface area contributed by atoms with E-state index in [-0.39, 0.29) is 22.8 Å². The molecule has 1 N–H and O–H groups in total. The lowest BCUT2D eigenvalue weighted by Gasteiger charge is -2.20. The molecule has 1 aromatic rings. The molecule has 0 aliphatic heterocycles. The van der Waals surface area contributed by atoms with Crippen LogP contribution < -0.4 is 4.74 Å². The first-order chi connectivity index (χ1) is 8.62. The Morgan fingerprint density at radius 3 is 2.26 bits per heavy atom. The molecule has 5 heteroatoms. The van der Waals surface area contributed by atoms with E-state index in [1.807, 2.05) is 20.8 Å². The number of hydrogen-bond donors (Lipinski definition) is 1. The van der Waals surface area contributed by atoms with Crippen molar-refractivity contribution in [2.24, 2.45) is 0 Å². The largest absolute Gasteiger partial charge is 0.573 e. The highest BCUT2D eigenvalue weighted by Crippen LogP contribution is 2.53. The molecule has 106 valence electrons. The van der Waals surface area contributed by atoms with E-state index in [9.17, 15) is 18.3 Å². The molecule has 1 aliphatic rings. The number of ether oxygens (including phenoxy) is 1. The van der Waals surface area contributed by atoms with Crippen molar-refractivity contribution in [3.05, 3.63) is 23.3 Å². The van der Waals surface area contributed by atoms with Crippen LogP contribution in [0.15, 0.2) is 12.1 Å². The van der Waals surface area contributed by atoms with Crippen LogP contribution in [0, 0.1) is 0 Å². The fourth-order valence-electron chi connectivity index (χ4n) is 2.19. The van der Waals surface area contributed by atoms with Crippen molar-refractivity contribution in [1.82, 2.24) is 0 Å². The van der Waals surface area contributed by atoms with Gasteiger partial charge in [-0.25, -0.2) is 0 Å². The molecule has 1 fully saturated rings. The van der Waals surface area contributed by atoms with Gasteiger partial charge in [-0.3, -0.25) is 0 Å². The topological polar surface area (TPSA) is 29.5 Å². The first-order valence-corrected chi connectivity index (χ1v) is 6.25. The van der Waals surface area contributed by atoms with Crippen molar-refractivity contribution < 1.29 is 23.0 Å². The molecule has 0 radical (unpaired) electrons. The van der Waals surface area contributed by atoms with Crippen LogP contribution in [0.25, 0.3) is 0 Å². The van der Waals surface area contributed by atoms with Crippen LogP contribution in [0.2, 0.25) is 0 Å². The van der Waals surface area contributed by atoms with Crippen LogP contribution >= 0.6 is 0 Å². The average Bonchev–Trinajstić information content (AvgIpc) is 2.94. The summed E-state index contributed by atoms with van der Waals surface area (Å²) in [7, 11) is 0. The van der Waals surface area contributed by atoms with Gasteiger partial charge in [0.1, 0.15) is 11.5 Å². The Labute approximate surface area is 110 Å². The van der Waals surface area contributed by atoms with Crippen molar-refractivity contribution in [3.8, 4) is 11.5 Å². The van der Waals surface area contributed by atoms with Gasteiger partial charge < -0.3 is 9.84 Å². The minimum Gasteiger partial charge on any atom is -0.508 e. The van der Waals surface area contributed by atoms with Crippen LogP contribution in [0.3, 0.4) is 0 Å². The molecule has 2 nitrogen and oxygen atoms in total. The predicted octanol–water partition coefficient (Wildman–Crippen LogP) is 4.47. The van der Waals surface area contributed by atoms with Crippen molar-refractivity contribution in [3.63, 3.8) is 0 Å². The van der Waals surface area contributed by atoms with E-state index in [1.54, 1.807) is 6.07 Å². The maximum absolute atomic E-state index is 12.4. The van der Waals surface area contributed by atoms with E-state index in [2.05, 4.69) is 4.74 Å². The van der Waals surface area contributed by atoms with Crippen molar-refractivity contribution in [2.45, 2.75) is 51.3 Å². The highest BCUT2D eigenvalue weighted by Gasteiger charge is 2.44. The van der Waals surface area contributed by atoms with E-state index in [0.29, 0.717) is 11.1 Å². The van der Waals surface area contributed by atoms with Crippen LogP contribution in [-0.4, -0.2) is 11.5 Å². The van der Waals surface area contributed by atoms with Gasteiger partial charge in [0.05, 0.1) is 0 Å². The van der Waals surface area contributed by atoms with E-state index < -0.39 is 6.36 Å². The monoisotopic (exact) mass is 274 g/mol. The van der Waals surface area contributed by atoms with Gasteiger partial charge in [0.15, 0.2) is 0 Å². The smallest absolute Gasteiger partial charge is 0.508 e.